The fraction of sp³-hybridized carbons (Fsp3) is 0.538. The van der Waals surface area contributed by atoms with Crippen LogP contribution in [-0.2, 0) is 10.0 Å². The molecule has 0 fully saturated rings. The van der Waals surface area contributed by atoms with Crippen LogP contribution in [0.1, 0.15) is 42.1 Å². The topological polar surface area (TPSA) is 46.2 Å². The molecule has 17 heavy (non-hydrogen) atoms. The van der Waals surface area contributed by atoms with Gasteiger partial charge in [0.1, 0.15) is 0 Å². The monoisotopic (exact) mass is 255 g/mol. The Labute approximate surface area is 104 Å². The largest absolute Gasteiger partial charge is 0.212 e. The van der Waals surface area contributed by atoms with Crippen LogP contribution in [0.5, 0.6) is 0 Å². The van der Waals surface area contributed by atoms with E-state index in [1.165, 1.54) is 11.1 Å². The molecule has 0 aliphatic rings. The van der Waals surface area contributed by atoms with Crippen LogP contribution in [-0.4, -0.2) is 14.2 Å². The second-order valence-electron chi connectivity index (χ2n) is 4.54. The molecule has 0 aromatic heterocycles. The molecule has 1 rings (SSSR count). The highest BCUT2D eigenvalue weighted by Gasteiger charge is 2.15. The van der Waals surface area contributed by atoms with Crippen LogP contribution in [0.25, 0.3) is 0 Å². The molecule has 1 atom stereocenters. The average molecular weight is 255 g/mol. The van der Waals surface area contributed by atoms with Gasteiger partial charge in [0.25, 0.3) is 0 Å². The molecule has 0 radical (unpaired) electrons. The molecule has 0 saturated heterocycles. The Hall–Kier alpha value is -0.870. The summed E-state index contributed by atoms with van der Waals surface area (Å²) in [5.41, 5.74) is 4.59. The Balaban J connectivity index is 3.05. The normalized spacial score (nSPS) is 13.7. The van der Waals surface area contributed by atoms with E-state index in [1.807, 2.05) is 20.8 Å². The molecule has 0 saturated carbocycles. The van der Waals surface area contributed by atoms with Crippen molar-refractivity contribution in [3.05, 3.63) is 34.4 Å². The van der Waals surface area contributed by atoms with Gasteiger partial charge in [-0.3, -0.25) is 0 Å². The maximum Gasteiger partial charge on any atom is 0.211 e. The highest BCUT2D eigenvalue weighted by atomic mass is 32.2. The molecule has 0 aliphatic carbocycles. The fourth-order valence-corrected chi connectivity index (χ4v) is 2.70. The van der Waals surface area contributed by atoms with Crippen molar-refractivity contribution in [3.63, 3.8) is 0 Å². The number of rotatable bonds is 4. The molecule has 0 aliphatic heterocycles. The van der Waals surface area contributed by atoms with Gasteiger partial charge in [0.2, 0.25) is 10.0 Å². The zero-order valence-corrected chi connectivity index (χ0v) is 12.0. The summed E-state index contributed by atoms with van der Waals surface area (Å²) in [5.74, 6) is 0.112. The number of nitrogens with one attached hydrogen (secondary N) is 1. The van der Waals surface area contributed by atoms with E-state index in [1.54, 1.807) is 6.92 Å². The summed E-state index contributed by atoms with van der Waals surface area (Å²) in [6, 6.07) is 3.98. The highest BCUT2D eigenvalue weighted by Crippen LogP contribution is 2.22. The number of sulfonamides is 1. The van der Waals surface area contributed by atoms with E-state index in [-0.39, 0.29) is 11.8 Å². The van der Waals surface area contributed by atoms with Crippen molar-refractivity contribution in [2.24, 2.45) is 0 Å². The van der Waals surface area contributed by atoms with Crippen LogP contribution >= 0.6 is 0 Å². The molecule has 0 spiro atoms. The maximum absolute atomic E-state index is 11.5. The van der Waals surface area contributed by atoms with E-state index < -0.39 is 10.0 Å². The summed E-state index contributed by atoms with van der Waals surface area (Å²) in [7, 11) is -3.16. The van der Waals surface area contributed by atoms with Gasteiger partial charge in [0, 0.05) is 6.04 Å². The molecule has 3 nitrogen and oxygen atoms in total. The van der Waals surface area contributed by atoms with Gasteiger partial charge in [0.15, 0.2) is 0 Å². The van der Waals surface area contributed by atoms with Crippen LogP contribution in [0.4, 0.5) is 0 Å². The molecule has 1 aromatic carbocycles. The van der Waals surface area contributed by atoms with Crippen molar-refractivity contribution in [3.8, 4) is 0 Å². The summed E-state index contributed by atoms with van der Waals surface area (Å²) < 4.78 is 25.8. The molecule has 1 aromatic rings. The van der Waals surface area contributed by atoms with E-state index in [4.69, 9.17) is 0 Å². The summed E-state index contributed by atoms with van der Waals surface area (Å²) in [6.07, 6.45) is 0. The predicted molar refractivity (Wildman–Crippen MR) is 71.7 cm³/mol. The van der Waals surface area contributed by atoms with Crippen LogP contribution in [0, 0.1) is 20.8 Å². The first-order valence-electron chi connectivity index (χ1n) is 5.84. The first kappa shape index (κ1) is 14.2. The first-order chi connectivity index (χ1) is 7.76. The van der Waals surface area contributed by atoms with Crippen LogP contribution in [0.2, 0.25) is 0 Å². The molecular weight excluding hydrogens is 234 g/mol. The third-order valence-corrected chi connectivity index (χ3v) is 4.56. The van der Waals surface area contributed by atoms with Crippen LogP contribution in [0.3, 0.4) is 0 Å². The lowest BCUT2D eigenvalue weighted by Gasteiger charge is -2.18. The van der Waals surface area contributed by atoms with Crippen molar-refractivity contribution in [2.75, 3.05) is 5.75 Å². The minimum absolute atomic E-state index is 0.112. The van der Waals surface area contributed by atoms with Crippen LogP contribution in [0.15, 0.2) is 12.1 Å². The third-order valence-electron chi connectivity index (χ3n) is 3.09. The van der Waals surface area contributed by atoms with E-state index in [9.17, 15) is 8.42 Å². The van der Waals surface area contributed by atoms with Crippen molar-refractivity contribution < 1.29 is 8.42 Å². The lowest BCUT2D eigenvalue weighted by Crippen LogP contribution is -2.28. The van der Waals surface area contributed by atoms with Gasteiger partial charge >= 0.3 is 0 Å². The SMILES string of the molecule is CCS(=O)(=O)N[C@H](C)c1cc(C)c(C)cc1C. The summed E-state index contributed by atoms with van der Waals surface area (Å²) in [4.78, 5) is 0. The zero-order chi connectivity index (χ0) is 13.2. The predicted octanol–water partition coefficient (Wildman–Crippen LogP) is 2.61. The summed E-state index contributed by atoms with van der Waals surface area (Å²) in [6.45, 7) is 9.64. The molecule has 0 heterocycles. The maximum atomic E-state index is 11.5. The van der Waals surface area contributed by atoms with Crippen molar-refractivity contribution in [2.45, 2.75) is 40.7 Å². The summed E-state index contributed by atoms with van der Waals surface area (Å²) in [5, 5.41) is 0. The van der Waals surface area contributed by atoms with E-state index in [0.717, 1.165) is 11.1 Å². The second kappa shape index (κ2) is 5.19. The Morgan fingerprint density at radius 2 is 1.65 bits per heavy atom. The van der Waals surface area contributed by atoms with Gasteiger partial charge in [-0.1, -0.05) is 12.1 Å². The first-order valence-corrected chi connectivity index (χ1v) is 7.49. The van der Waals surface area contributed by atoms with E-state index in [0.29, 0.717) is 0 Å². The minimum atomic E-state index is -3.16. The van der Waals surface area contributed by atoms with Gasteiger partial charge in [-0.25, -0.2) is 13.1 Å². The lowest BCUT2D eigenvalue weighted by molar-refractivity contribution is 0.567. The number of hydrogen-bond acceptors (Lipinski definition) is 2. The quantitative estimate of drug-likeness (QED) is 0.899. The van der Waals surface area contributed by atoms with Crippen molar-refractivity contribution in [1.29, 1.82) is 0 Å². The third kappa shape index (κ3) is 3.54. The molecule has 96 valence electrons. The number of aryl methyl sites for hydroxylation is 3. The minimum Gasteiger partial charge on any atom is -0.212 e. The second-order valence-corrected chi connectivity index (χ2v) is 6.58. The van der Waals surface area contributed by atoms with Gasteiger partial charge in [-0.2, -0.15) is 0 Å². The van der Waals surface area contributed by atoms with E-state index in [2.05, 4.69) is 23.8 Å². The number of benzene rings is 1. The molecule has 1 N–H and O–H groups in total. The average Bonchev–Trinajstić information content (AvgIpc) is 2.22. The Morgan fingerprint density at radius 3 is 2.18 bits per heavy atom. The molecule has 0 amide bonds. The van der Waals surface area contributed by atoms with Gasteiger partial charge < -0.3 is 0 Å². The van der Waals surface area contributed by atoms with Gasteiger partial charge in [-0.05, 0) is 56.9 Å². The molecular formula is C13H21NO2S. The standard InChI is InChI=1S/C13H21NO2S/c1-6-17(15,16)14-12(5)13-8-10(3)9(2)7-11(13)4/h7-8,12,14H,6H2,1-5H3/t12-/m1/s1. The van der Waals surface area contributed by atoms with E-state index >= 15 is 0 Å². The molecule has 4 heteroatoms. The van der Waals surface area contributed by atoms with Crippen LogP contribution < -0.4 is 4.72 Å². The highest BCUT2D eigenvalue weighted by molar-refractivity contribution is 7.89. The summed E-state index contributed by atoms with van der Waals surface area (Å²) >= 11 is 0. The van der Waals surface area contributed by atoms with Crippen molar-refractivity contribution in [1.82, 2.24) is 4.72 Å². The number of hydrogen-bond donors (Lipinski definition) is 1. The molecule has 0 bridgehead atoms. The Morgan fingerprint density at radius 1 is 1.12 bits per heavy atom. The Bertz CT molecular complexity index is 506. The van der Waals surface area contributed by atoms with Gasteiger partial charge in [0.05, 0.1) is 5.75 Å². The zero-order valence-electron chi connectivity index (χ0n) is 11.2. The molecule has 0 unspecified atom stereocenters. The Kier molecular flexibility index (Phi) is 4.33. The lowest BCUT2D eigenvalue weighted by atomic mass is 9.97. The smallest absolute Gasteiger partial charge is 0.211 e. The van der Waals surface area contributed by atoms with Crippen molar-refractivity contribution >= 4 is 10.0 Å². The van der Waals surface area contributed by atoms with Gasteiger partial charge in [-0.15, -0.1) is 0 Å². The fourth-order valence-electron chi connectivity index (χ4n) is 1.87.